The average molecular weight is 384 g/mol. The van der Waals surface area contributed by atoms with Crippen LogP contribution in [0.25, 0.3) is 0 Å². The van der Waals surface area contributed by atoms with Gasteiger partial charge in [-0.2, -0.15) is 0 Å². The zero-order chi connectivity index (χ0) is 19.6. The number of aliphatic hydroxyl groups is 1. The number of benzene rings is 2. The highest BCUT2D eigenvalue weighted by molar-refractivity contribution is 5.80. The minimum absolute atomic E-state index is 0.122. The van der Waals surface area contributed by atoms with E-state index in [2.05, 4.69) is 0 Å². The molecule has 2 aliphatic heterocycles. The number of ether oxygens (including phenoxy) is 4. The summed E-state index contributed by atoms with van der Waals surface area (Å²) in [5, 5.41) is 10.9. The van der Waals surface area contributed by atoms with Gasteiger partial charge < -0.3 is 35.5 Å². The summed E-state index contributed by atoms with van der Waals surface area (Å²) in [6, 6.07) is 7.14. The third-order valence-electron chi connectivity index (χ3n) is 5.92. The van der Waals surface area contributed by atoms with Crippen LogP contribution in [-0.4, -0.2) is 31.6 Å². The topological polar surface area (TPSA) is 126 Å². The molecule has 0 bridgehead atoms. The first-order valence-electron chi connectivity index (χ1n) is 9.00. The molecule has 8 nitrogen and oxygen atoms in total. The van der Waals surface area contributed by atoms with E-state index in [0.29, 0.717) is 34.2 Å². The Labute approximate surface area is 160 Å². The van der Waals surface area contributed by atoms with Crippen molar-refractivity contribution in [2.24, 2.45) is 11.8 Å². The second-order valence-electron chi connectivity index (χ2n) is 7.30. The minimum Gasteiger partial charge on any atom is -0.495 e. The first-order chi connectivity index (χ1) is 13.5. The van der Waals surface area contributed by atoms with Gasteiger partial charge in [-0.3, -0.25) is 4.79 Å². The Hall–Kier alpha value is -3.13. The number of methoxy groups -OCH3 is 1. The van der Waals surface area contributed by atoms with Crippen LogP contribution in [0.3, 0.4) is 0 Å². The van der Waals surface area contributed by atoms with Gasteiger partial charge in [-0.05, 0) is 41.0 Å². The van der Waals surface area contributed by atoms with Crippen LogP contribution in [0.2, 0.25) is 0 Å². The molecule has 2 aromatic rings. The van der Waals surface area contributed by atoms with E-state index in [-0.39, 0.29) is 31.2 Å². The van der Waals surface area contributed by atoms with Crippen LogP contribution in [0.15, 0.2) is 24.3 Å². The molecule has 0 aromatic heterocycles. The fraction of sp³-hybridized carbons (Fsp3) is 0.350. The maximum absolute atomic E-state index is 12.6. The van der Waals surface area contributed by atoms with Crippen molar-refractivity contribution in [1.82, 2.24) is 0 Å². The molecule has 0 radical (unpaired) electrons. The van der Waals surface area contributed by atoms with Crippen molar-refractivity contribution in [1.29, 1.82) is 0 Å². The van der Waals surface area contributed by atoms with Gasteiger partial charge in [-0.1, -0.05) is 0 Å². The minimum atomic E-state index is -0.842. The van der Waals surface area contributed by atoms with Crippen LogP contribution in [0.5, 0.6) is 17.2 Å². The Balaban J connectivity index is 1.75. The highest BCUT2D eigenvalue weighted by Gasteiger charge is 2.52. The molecule has 0 unspecified atom stereocenters. The number of esters is 1. The number of hydrogen-bond donors (Lipinski definition) is 3. The van der Waals surface area contributed by atoms with E-state index in [9.17, 15) is 9.90 Å². The molecule has 5 N–H and O–H groups in total. The lowest BCUT2D eigenvalue weighted by Gasteiger charge is -2.37. The van der Waals surface area contributed by atoms with Crippen molar-refractivity contribution in [3.05, 3.63) is 41.0 Å². The van der Waals surface area contributed by atoms with Crippen molar-refractivity contribution in [3.63, 3.8) is 0 Å². The number of fused-ring (bicyclic) bond motifs is 3. The molecule has 2 aromatic carbocycles. The standard InChI is InChI=1S/C20H20N2O6/c1-25-15-3-8(2-12(21)18(15)22)16-9-4-13-14(28-7-27-13)5-10(9)19(23)11-6-26-20(24)17(11)16/h2-5,11,16-17,19,23H,6-7,21-22H2,1H3/t11-,16+,17-,19+/m0/s1. The van der Waals surface area contributed by atoms with Crippen LogP contribution >= 0.6 is 0 Å². The van der Waals surface area contributed by atoms with E-state index in [1.165, 1.54) is 7.11 Å². The number of rotatable bonds is 2. The Morgan fingerprint density at radius 3 is 2.50 bits per heavy atom. The van der Waals surface area contributed by atoms with Crippen LogP contribution < -0.4 is 25.7 Å². The van der Waals surface area contributed by atoms with E-state index >= 15 is 0 Å². The third-order valence-corrected chi connectivity index (χ3v) is 5.92. The highest BCUT2D eigenvalue weighted by Crippen LogP contribution is 2.54. The summed E-state index contributed by atoms with van der Waals surface area (Å²) in [7, 11) is 1.51. The molecule has 0 amide bonds. The van der Waals surface area contributed by atoms with Crippen LogP contribution in [0.1, 0.15) is 28.7 Å². The first-order valence-corrected chi connectivity index (χ1v) is 9.00. The van der Waals surface area contributed by atoms with E-state index in [1.807, 2.05) is 6.07 Å². The van der Waals surface area contributed by atoms with Gasteiger partial charge in [0.05, 0.1) is 37.1 Å². The summed E-state index contributed by atoms with van der Waals surface area (Å²) < 4.78 is 21.7. The molecule has 8 heteroatoms. The lowest BCUT2D eigenvalue weighted by molar-refractivity contribution is -0.141. The summed E-state index contributed by atoms with van der Waals surface area (Å²) >= 11 is 0. The average Bonchev–Trinajstić information content (AvgIpc) is 3.30. The Morgan fingerprint density at radius 2 is 1.79 bits per heavy atom. The Kier molecular flexibility index (Phi) is 3.60. The Morgan fingerprint density at radius 1 is 1.07 bits per heavy atom. The molecular weight excluding hydrogens is 364 g/mol. The molecule has 4 atom stereocenters. The first kappa shape index (κ1) is 17.0. The van der Waals surface area contributed by atoms with Crippen molar-refractivity contribution in [3.8, 4) is 17.2 Å². The fourth-order valence-electron chi connectivity index (χ4n) is 4.55. The number of aliphatic hydroxyl groups excluding tert-OH is 1. The van der Waals surface area contributed by atoms with Gasteiger partial charge in [0, 0.05) is 11.8 Å². The quantitative estimate of drug-likeness (QED) is 0.526. The molecule has 1 aliphatic carbocycles. The molecule has 3 aliphatic rings. The van der Waals surface area contributed by atoms with Crippen molar-refractivity contribution in [2.75, 3.05) is 32.0 Å². The number of nitrogen functional groups attached to an aromatic ring is 2. The lowest BCUT2D eigenvalue weighted by atomic mass is 9.66. The largest absolute Gasteiger partial charge is 0.495 e. The van der Waals surface area contributed by atoms with Gasteiger partial charge in [0.2, 0.25) is 6.79 Å². The zero-order valence-electron chi connectivity index (χ0n) is 15.2. The Bertz CT molecular complexity index is 991. The summed E-state index contributed by atoms with van der Waals surface area (Å²) in [5.41, 5.74) is 15.1. The predicted octanol–water partition coefficient (Wildman–Crippen LogP) is 1.56. The zero-order valence-corrected chi connectivity index (χ0v) is 15.2. The van der Waals surface area contributed by atoms with Gasteiger partial charge >= 0.3 is 5.97 Å². The molecule has 1 saturated heterocycles. The number of carbonyl (C=O) groups excluding carboxylic acids is 1. The number of nitrogens with two attached hydrogens (primary N) is 2. The SMILES string of the molecule is COc1cc([C@@H]2c3cc4c(cc3[C@@H](O)[C@H]3COC(=O)[C@H]23)OCO4)cc(N)c1N. The lowest BCUT2D eigenvalue weighted by Crippen LogP contribution is -2.34. The second kappa shape index (κ2) is 5.93. The molecule has 146 valence electrons. The third kappa shape index (κ3) is 2.24. The smallest absolute Gasteiger partial charge is 0.310 e. The van der Waals surface area contributed by atoms with Crippen LogP contribution in [0, 0.1) is 11.8 Å². The molecule has 0 saturated carbocycles. The molecule has 5 rings (SSSR count). The summed E-state index contributed by atoms with van der Waals surface area (Å²) in [5.74, 6) is -0.0423. The van der Waals surface area contributed by atoms with Gasteiger partial charge in [0.1, 0.15) is 5.75 Å². The number of hydrogen-bond acceptors (Lipinski definition) is 8. The van der Waals surface area contributed by atoms with E-state index in [4.69, 9.17) is 30.4 Å². The predicted molar refractivity (Wildman–Crippen MR) is 99.1 cm³/mol. The van der Waals surface area contributed by atoms with Gasteiger partial charge in [0.25, 0.3) is 0 Å². The number of anilines is 2. The van der Waals surface area contributed by atoms with Crippen LogP contribution in [-0.2, 0) is 9.53 Å². The van der Waals surface area contributed by atoms with E-state index in [1.54, 1.807) is 18.2 Å². The normalized spacial score (nSPS) is 27.1. The molecule has 0 spiro atoms. The summed E-state index contributed by atoms with van der Waals surface area (Å²) in [4.78, 5) is 12.6. The molecular formula is C20H20N2O6. The van der Waals surface area contributed by atoms with Crippen molar-refractivity contribution < 1.29 is 28.8 Å². The number of cyclic esters (lactones) is 1. The highest BCUT2D eigenvalue weighted by atomic mass is 16.7. The van der Waals surface area contributed by atoms with Gasteiger partial charge in [-0.25, -0.2) is 0 Å². The summed E-state index contributed by atoms with van der Waals surface area (Å²) in [6.07, 6.45) is -0.842. The van der Waals surface area contributed by atoms with Crippen molar-refractivity contribution in [2.45, 2.75) is 12.0 Å². The molecule has 1 fully saturated rings. The van der Waals surface area contributed by atoms with Gasteiger partial charge in [0.15, 0.2) is 11.5 Å². The second-order valence-corrected chi connectivity index (χ2v) is 7.30. The fourth-order valence-corrected chi connectivity index (χ4v) is 4.55. The molecule has 2 heterocycles. The van der Waals surface area contributed by atoms with E-state index < -0.39 is 12.0 Å². The summed E-state index contributed by atoms with van der Waals surface area (Å²) in [6.45, 7) is 0.285. The van der Waals surface area contributed by atoms with Gasteiger partial charge in [-0.15, -0.1) is 0 Å². The maximum atomic E-state index is 12.6. The monoisotopic (exact) mass is 384 g/mol. The number of carbonyl (C=O) groups is 1. The van der Waals surface area contributed by atoms with Crippen LogP contribution in [0.4, 0.5) is 11.4 Å². The van der Waals surface area contributed by atoms with E-state index in [0.717, 1.165) is 11.1 Å². The molecule has 28 heavy (non-hydrogen) atoms. The van der Waals surface area contributed by atoms with Crippen molar-refractivity contribution >= 4 is 17.3 Å². The maximum Gasteiger partial charge on any atom is 0.310 e.